The highest BCUT2D eigenvalue weighted by Gasteiger charge is 2.18. The maximum Gasteiger partial charge on any atom is 0.0496 e. The summed E-state index contributed by atoms with van der Waals surface area (Å²) in [6.07, 6.45) is 16.4. The fraction of sp³-hybridized carbons (Fsp3) is 0.0588. The molecule has 0 spiro atoms. The van der Waals surface area contributed by atoms with Crippen molar-refractivity contribution in [3.05, 3.63) is 82.1 Å². The monoisotopic (exact) mass is 231 g/mol. The first kappa shape index (κ1) is 9.72. The molecular formula is C17H13N. The molecule has 2 heterocycles. The van der Waals surface area contributed by atoms with Crippen molar-refractivity contribution in [1.29, 1.82) is 0 Å². The number of rotatable bonds is 0. The van der Waals surface area contributed by atoms with Gasteiger partial charge >= 0.3 is 0 Å². The highest BCUT2D eigenvalue weighted by Crippen LogP contribution is 2.31. The van der Waals surface area contributed by atoms with Crippen molar-refractivity contribution in [2.24, 2.45) is 0 Å². The van der Waals surface area contributed by atoms with E-state index in [9.17, 15) is 0 Å². The molecule has 0 saturated heterocycles. The van der Waals surface area contributed by atoms with Gasteiger partial charge in [-0.15, -0.1) is 0 Å². The highest BCUT2D eigenvalue weighted by molar-refractivity contribution is 5.65. The molecule has 0 amide bonds. The molecule has 0 saturated carbocycles. The molecule has 0 N–H and O–H groups in total. The fourth-order valence-electron chi connectivity index (χ4n) is 2.71. The van der Waals surface area contributed by atoms with Crippen LogP contribution < -0.4 is 10.4 Å². The maximum absolute atomic E-state index is 2.29. The molecule has 18 heavy (non-hydrogen) atoms. The van der Waals surface area contributed by atoms with E-state index in [0.717, 1.165) is 6.42 Å². The third kappa shape index (κ3) is 1.34. The van der Waals surface area contributed by atoms with Gasteiger partial charge in [0.1, 0.15) is 0 Å². The summed E-state index contributed by atoms with van der Waals surface area (Å²) in [5, 5.41) is 2.59. The van der Waals surface area contributed by atoms with Crippen LogP contribution in [0, 0.1) is 0 Å². The summed E-state index contributed by atoms with van der Waals surface area (Å²) in [5.74, 6) is 0. The summed E-state index contributed by atoms with van der Waals surface area (Å²) < 4.78 is 0. The molecule has 1 aliphatic carbocycles. The van der Waals surface area contributed by atoms with Crippen LogP contribution in [0.3, 0.4) is 0 Å². The number of nitrogens with zero attached hydrogens (tertiary/aromatic N) is 1. The zero-order valence-electron chi connectivity index (χ0n) is 10.0. The maximum atomic E-state index is 2.29. The Hall–Kier alpha value is -2.28. The van der Waals surface area contributed by atoms with E-state index in [2.05, 4.69) is 71.9 Å². The standard InChI is InChI=1S/C17H13N/c1-2-7-15-12-18-10-9-13-5-3-4-8-16(13)17(18)11-14(15)6-1/h1-7,9-12H,8H2. The van der Waals surface area contributed by atoms with E-state index in [1.165, 1.54) is 27.3 Å². The highest BCUT2D eigenvalue weighted by atomic mass is 15.1. The molecule has 2 aliphatic heterocycles. The average Bonchev–Trinajstić information content (AvgIpc) is 2.45. The normalized spacial score (nSPS) is 19.3. The summed E-state index contributed by atoms with van der Waals surface area (Å²) in [7, 11) is 0. The van der Waals surface area contributed by atoms with Gasteiger partial charge < -0.3 is 4.90 Å². The van der Waals surface area contributed by atoms with Crippen molar-refractivity contribution in [2.45, 2.75) is 6.42 Å². The first-order valence-corrected chi connectivity index (χ1v) is 6.27. The zero-order chi connectivity index (χ0) is 11.9. The van der Waals surface area contributed by atoms with Crippen molar-refractivity contribution in [1.82, 2.24) is 4.90 Å². The zero-order valence-corrected chi connectivity index (χ0v) is 10.0. The molecule has 3 aliphatic rings. The summed E-state index contributed by atoms with van der Waals surface area (Å²) in [6, 6.07) is 8.52. The predicted octanol–water partition coefficient (Wildman–Crippen LogP) is 2.19. The first-order chi connectivity index (χ1) is 8.92. The Morgan fingerprint density at radius 2 is 1.94 bits per heavy atom. The number of benzene rings is 1. The lowest BCUT2D eigenvalue weighted by atomic mass is 9.92. The molecule has 1 nitrogen and oxygen atoms in total. The van der Waals surface area contributed by atoms with Crippen molar-refractivity contribution in [2.75, 3.05) is 0 Å². The van der Waals surface area contributed by atoms with Gasteiger partial charge in [-0.25, -0.2) is 0 Å². The van der Waals surface area contributed by atoms with Crippen LogP contribution in [0.15, 0.2) is 71.6 Å². The molecule has 0 aromatic heterocycles. The molecule has 0 fully saturated rings. The topological polar surface area (TPSA) is 3.24 Å². The van der Waals surface area contributed by atoms with E-state index < -0.39 is 0 Å². The second-order valence-corrected chi connectivity index (χ2v) is 4.74. The molecule has 0 bridgehead atoms. The van der Waals surface area contributed by atoms with Crippen LogP contribution in [-0.2, 0) is 0 Å². The molecular weight excluding hydrogens is 218 g/mol. The van der Waals surface area contributed by atoms with Gasteiger partial charge in [-0.1, -0.05) is 42.5 Å². The molecule has 0 radical (unpaired) electrons. The minimum absolute atomic E-state index is 1.02. The van der Waals surface area contributed by atoms with E-state index in [-0.39, 0.29) is 0 Å². The Bertz CT molecular complexity index is 757. The molecule has 1 aromatic rings. The van der Waals surface area contributed by atoms with Crippen LogP contribution in [0.1, 0.15) is 6.42 Å². The molecule has 1 aromatic carbocycles. The van der Waals surface area contributed by atoms with Gasteiger partial charge in [0.2, 0.25) is 0 Å². The van der Waals surface area contributed by atoms with Gasteiger partial charge in [0, 0.05) is 18.1 Å². The second-order valence-electron chi connectivity index (χ2n) is 4.74. The predicted molar refractivity (Wildman–Crippen MR) is 74.5 cm³/mol. The van der Waals surface area contributed by atoms with Crippen molar-refractivity contribution >= 4 is 12.3 Å². The molecule has 0 unspecified atom stereocenters. The lowest BCUT2D eigenvalue weighted by molar-refractivity contribution is 0.686. The van der Waals surface area contributed by atoms with Gasteiger partial charge in [-0.2, -0.15) is 0 Å². The van der Waals surface area contributed by atoms with Crippen LogP contribution in [0.2, 0.25) is 0 Å². The smallest absolute Gasteiger partial charge is 0.0496 e. The van der Waals surface area contributed by atoms with E-state index in [1.54, 1.807) is 0 Å². The van der Waals surface area contributed by atoms with Gasteiger partial charge in [0.05, 0.1) is 0 Å². The van der Waals surface area contributed by atoms with Crippen molar-refractivity contribution < 1.29 is 0 Å². The minimum atomic E-state index is 1.02. The first-order valence-electron chi connectivity index (χ1n) is 6.27. The van der Waals surface area contributed by atoms with Gasteiger partial charge in [-0.05, 0) is 40.2 Å². The lowest BCUT2D eigenvalue weighted by Crippen LogP contribution is -2.33. The SMILES string of the molecule is C1=CCC2=C3C=c4ccccc4=CN3C=CC2=C1. The Kier molecular flexibility index (Phi) is 1.95. The quantitative estimate of drug-likeness (QED) is 0.661. The third-order valence-corrected chi connectivity index (χ3v) is 3.65. The van der Waals surface area contributed by atoms with Crippen molar-refractivity contribution in [3.63, 3.8) is 0 Å². The van der Waals surface area contributed by atoms with Crippen LogP contribution >= 0.6 is 0 Å². The van der Waals surface area contributed by atoms with Crippen LogP contribution in [0.4, 0.5) is 0 Å². The Labute approximate surface area is 106 Å². The Morgan fingerprint density at radius 1 is 1.06 bits per heavy atom. The third-order valence-electron chi connectivity index (χ3n) is 3.65. The number of fused-ring (bicyclic) bond motifs is 3. The lowest BCUT2D eigenvalue weighted by Gasteiger charge is -2.29. The average molecular weight is 231 g/mol. The Balaban J connectivity index is 2.02. The van der Waals surface area contributed by atoms with Crippen LogP contribution in [-0.4, -0.2) is 4.90 Å². The van der Waals surface area contributed by atoms with Crippen LogP contribution in [0.5, 0.6) is 0 Å². The van der Waals surface area contributed by atoms with Gasteiger partial charge in [0.15, 0.2) is 0 Å². The summed E-state index contributed by atoms with van der Waals surface area (Å²) >= 11 is 0. The Morgan fingerprint density at radius 3 is 2.89 bits per heavy atom. The number of hydrogen-bond donors (Lipinski definition) is 0. The van der Waals surface area contributed by atoms with E-state index in [4.69, 9.17) is 0 Å². The molecule has 1 heteroatoms. The van der Waals surface area contributed by atoms with Crippen LogP contribution in [0.25, 0.3) is 12.3 Å². The van der Waals surface area contributed by atoms with Gasteiger partial charge in [0.25, 0.3) is 0 Å². The largest absolute Gasteiger partial charge is 0.323 e. The summed E-state index contributed by atoms with van der Waals surface area (Å²) in [4.78, 5) is 2.23. The summed E-state index contributed by atoms with van der Waals surface area (Å²) in [5.41, 5.74) is 4.07. The van der Waals surface area contributed by atoms with E-state index >= 15 is 0 Å². The molecule has 0 atom stereocenters. The van der Waals surface area contributed by atoms with Gasteiger partial charge in [-0.3, -0.25) is 0 Å². The summed E-state index contributed by atoms with van der Waals surface area (Å²) in [6.45, 7) is 0. The van der Waals surface area contributed by atoms with E-state index in [1.807, 2.05) is 0 Å². The number of hydrogen-bond acceptors (Lipinski definition) is 1. The molecule has 4 rings (SSSR count). The van der Waals surface area contributed by atoms with Crippen molar-refractivity contribution in [3.8, 4) is 0 Å². The fourth-order valence-corrected chi connectivity index (χ4v) is 2.71. The minimum Gasteiger partial charge on any atom is -0.323 e. The van der Waals surface area contributed by atoms with E-state index in [0.29, 0.717) is 0 Å². The second kappa shape index (κ2) is 3.61. The molecule has 86 valence electrons. The number of allylic oxidation sites excluding steroid dienone is 7.